The van der Waals surface area contributed by atoms with Gasteiger partial charge in [0.2, 0.25) is 0 Å². The number of hydrogen-bond donors (Lipinski definition) is 2. The standard InChI is InChI=1S/C14H13BrN2O2/c1-8-5-6-12(10(15)7-8)19-13-9(14(17)18)3-2-4-11(13)16/h2-7H,16H2,1H3,(H2,17,18). The molecule has 2 rings (SSSR count). The van der Waals surface area contributed by atoms with Crippen LogP contribution in [0.3, 0.4) is 0 Å². The number of carbonyl (C=O) groups excluding carboxylic acids is 1. The second kappa shape index (κ2) is 5.32. The number of halogens is 1. The molecule has 2 aromatic carbocycles. The zero-order valence-electron chi connectivity index (χ0n) is 10.3. The zero-order chi connectivity index (χ0) is 14.0. The second-order valence-corrected chi connectivity index (χ2v) is 4.98. The number of carbonyl (C=O) groups is 1. The van der Waals surface area contributed by atoms with Crippen LogP contribution in [0.15, 0.2) is 40.9 Å². The summed E-state index contributed by atoms with van der Waals surface area (Å²) in [7, 11) is 0. The quantitative estimate of drug-likeness (QED) is 0.852. The second-order valence-electron chi connectivity index (χ2n) is 4.12. The van der Waals surface area contributed by atoms with E-state index in [0.29, 0.717) is 11.4 Å². The van der Waals surface area contributed by atoms with Gasteiger partial charge in [0.1, 0.15) is 5.75 Å². The minimum atomic E-state index is -0.578. The van der Waals surface area contributed by atoms with Crippen molar-refractivity contribution in [2.45, 2.75) is 6.92 Å². The molecular weight excluding hydrogens is 308 g/mol. The zero-order valence-corrected chi connectivity index (χ0v) is 11.9. The van der Waals surface area contributed by atoms with Crippen molar-refractivity contribution >= 4 is 27.5 Å². The molecule has 0 atom stereocenters. The van der Waals surface area contributed by atoms with Crippen molar-refractivity contribution in [2.75, 3.05) is 5.73 Å². The van der Waals surface area contributed by atoms with Crippen molar-refractivity contribution in [3.05, 3.63) is 52.0 Å². The normalized spacial score (nSPS) is 10.2. The molecule has 0 aliphatic carbocycles. The molecule has 5 heteroatoms. The Bertz CT molecular complexity index is 641. The lowest BCUT2D eigenvalue weighted by Gasteiger charge is -2.13. The summed E-state index contributed by atoms with van der Waals surface area (Å²) in [5.74, 6) is 0.274. The Morgan fingerprint density at radius 3 is 2.63 bits per heavy atom. The van der Waals surface area contributed by atoms with Crippen LogP contribution < -0.4 is 16.2 Å². The molecule has 0 unspecified atom stereocenters. The molecule has 0 aromatic heterocycles. The third kappa shape index (κ3) is 2.88. The summed E-state index contributed by atoms with van der Waals surface area (Å²) in [5, 5.41) is 0. The van der Waals surface area contributed by atoms with Crippen molar-refractivity contribution in [1.82, 2.24) is 0 Å². The Morgan fingerprint density at radius 2 is 2.00 bits per heavy atom. The number of aryl methyl sites for hydroxylation is 1. The molecule has 98 valence electrons. The van der Waals surface area contributed by atoms with Crippen LogP contribution in [0.4, 0.5) is 5.69 Å². The van der Waals surface area contributed by atoms with E-state index in [4.69, 9.17) is 16.2 Å². The van der Waals surface area contributed by atoms with E-state index in [2.05, 4.69) is 15.9 Å². The van der Waals surface area contributed by atoms with Gasteiger partial charge >= 0.3 is 0 Å². The summed E-state index contributed by atoms with van der Waals surface area (Å²) >= 11 is 3.41. The van der Waals surface area contributed by atoms with E-state index in [1.165, 1.54) is 0 Å². The topological polar surface area (TPSA) is 78.3 Å². The van der Waals surface area contributed by atoms with Crippen LogP contribution in [-0.2, 0) is 0 Å². The van der Waals surface area contributed by atoms with E-state index in [-0.39, 0.29) is 11.3 Å². The predicted octanol–water partition coefficient (Wildman–Crippen LogP) is 3.23. The molecule has 4 N–H and O–H groups in total. The minimum Gasteiger partial charge on any atom is -0.453 e. The molecule has 19 heavy (non-hydrogen) atoms. The number of hydrogen-bond acceptors (Lipinski definition) is 3. The lowest BCUT2D eigenvalue weighted by Crippen LogP contribution is -2.13. The fraction of sp³-hybridized carbons (Fsp3) is 0.0714. The van der Waals surface area contributed by atoms with E-state index in [0.717, 1.165) is 10.0 Å². The van der Waals surface area contributed by atoms with Crippen LogP contribution in [-0.4, -0.2) is 5.91 Å². The summed E-state index contributed by atoms with van der Waals surface area (Å²) < 4.78 is 6.50. The Kier molecular flexibility index (Phi) is 3.76. The lowest BCUT2D eigenvalue weighted by atomic mass is 10.1. The number of nitrogen functional groups attached to an aromatic ring is 1. The Balaban J connectivity index is 2.46. The summed E-state index contributed by atoms with van der Waals surface area (Å²) in [6.45, 7) is 1.97. The monoisotopic (exact) mass is 320 g/mol. The van der Waals surface area contributed by atoms with Crippen LogP contribution in [0.5, 0.6) is 11.5 Å². The largest absolute Gasteiger partial charge is 0.453 e. The van der Waals surface area contributed by atoms with E-state index >= 15 is 0 Å². The fourth-order valence-electron chi connectivity index (χ4n) is 1.66. The van der Waals surface area contributed by atoms with Gasteiger partial charge in [0.05, 0.1) is 15.7 Å². The first-order chi connectivity index (χ1) is 8.99. The molecule has 0 bridgehead atoms. The Hall–Kier alpha value is -2.01. The molecular formula is C14H13BrN2O2. The van der Waals surface area contributed by atoms with Gasteiger partial charge in [-0.15, -0.1) is 0 Å². The van der Waals surface area contributed by atoms with E-state index in [9.17, 15) is 4.79 Å². The number of benzene rings is 2. The van der Waals surface area contributed by atoms with Gasteiger partial charge in [-0.3, -0.25) is 4.79 Å². The smallest absolute Gasteiger partial charge is 0.252 e. The number of para-hydroxylation sites is 1. The highest BCUT2D eigenvalue weighted by Gasteiger charge is 2.14. The highest BCUT2D eigenvalue weighted by atomic mass is 79.9. The van der Waals surface area contributed by atoms with Gasteiger partial charge in [0.15, 0.2) is 5.75 Å². The van der Waals surface area contributed by atoms with Gasteiger partial charge in [-0.25, -0.2) is 0 Å². The molecule has 0 heterocycles. The maximum absolute atomic E-state index is 11.4. The van der Waals surface area contributed by atoms with E-state index < -0.39 is 5.91 Å². The van der Waals surface area contributed by atoms with Crippen molar-refractivity contribution < 1.29 is 9.53 Å². The van der Waals surface area contributed by atoms with Crippen LogP contribution in [0.25, 0.3) is 0 Å². The fourth-order valence-corrected chi connectivity index (χ4v) is 2.24. The summed E-state index contributed by atoms with van der Waals surface area (Å²) in [5.41, 5.74) is 12.9. The number of ether oxygens (including phenoxy) is 1. The average Bonchev–Trinajstić information content (AvgIpc) is 2.34. The van der Waals surface area contributed by atoms with Crippen molar-refractivity contribution in [2.24, 2.45) is 5.73 Å². The minimum absolute atomic E-state index is 0.257. The SMILES string of the molecule is Cc1ccc(Oc2c(N)cccc2C(N)=O)c(Br)c1. The number of nitrogens with two attached hydrogens (primary N) is 2. The molecule has 0 spiro atoms. The summed E-state index contributed by atoms with van der Waals surface area (Å²) in [6.07, 6.45) is 0. The van der Waals surface area contributed by atoms with Crippen LogP contribution >= 0.6 is 15.9 Å². The Morgan fingerprint density at radius 1 is 1.26 bits per heavy atom. The van der Waals surface area contributed by atoms with Gasteiger partial charge in [-0.2, -0.15) is 0 Å². The average molecular weight is 321 g/mol. The predicted molar refractivity (Wildman–Crippen MR) is 78.3 cm³/mol. The lowest BCUT2D eigenvalue weighted by molar-refractivity contribution is 0.0998. The summed E-state index contributed by atoms with van der Waals surface area (Å²) in [4.78, 5) is 11.4. The van der Waals surface area contributed by atoms with Gasteiger partial charge in [-0.1, -0.05) is 12.1 Å². The molecule has 0 saturated carbocycles. The van der Waals surface area contributed by atoms with Gasteiger partial charge in [-0.05, 0) is 52.7 Å². The van der Waals surface area contributed by atoms with Crippen LogP contribution in [0, 0.1) is 6.92 Å². The van der Waals surface area contributed by atoms with Crippen LogP contribution in [0.1, 0.15) is 15.9 Å². The van der Waals surface area contributed by atoms with Crippen LogP contribution in [0.2, 0.25) is 0 Å². The van der Waals surface area contributed by atoms with Crippen molar-refractivity contribution in [3.8, 4) is 11.5 Å². The number of amides is 1. The molecule has 4 nitrogen and oxygen atoms in total. The molecule has 0 saturated heterocycles. The maximum atomic E-state index is 11.4. The van der Waals surface area contributed by atoms with Gasteiger partial charge in [0.25, 0.3) is 5.91 Å². The van der Waals surface area contributed by atoms with Gasteiger partial charge < -0.3 is 16.2 Å². The highest BCUT2D eigenvalue weighted by Crippen LogP contribution is 2.35. The van der Waals surface area contributed by atoms with E-state index in [1.54, 1.807) is 24.3 Å². The molecule has 1 amide bonds. The highest BCUT2D eigenvalue weighted by molar-refractivity contribution is 9.10. The molecule has 2 aromatic rings. The Labute approximate surface area is 119 Å². The number of rotatable bonds is 3. The third-order valence-corrected chi connectivity index (χ3v) is 3.23. The maximum Gasteiger partial charge on any atom is 0.252 e. The van der Waals surface area contributed by atoms with E-state index in [1.807, 2.05) is 19.1 Å². The third-order valence-electron chi connectivity index (χ3n) is 2.61. The van der Waals surface area contributed by atoms with Crippen molar-refractivity contribution in [1.29, 1.82) is 0 Å². The van der Waals surface area contributed by atoms with Crippen molar-refractivity contribution in [3.63, 3.8) is 0 Å². The first-order valence-corrected chi connectivity index (χ1v) is 6.40. The van der Waals surface area contributed by atoms with Gasteiger partial charge in [0, 0.05) is 0 Å². The summed E-state index contributed by atoms with van der Waals surface area (Å²) in [6, 6.07) is 10.5. The molecule has 0 aliphatic rings. The molecule has 0 fully saturated rings. The molecule has 0 aliphatic heterocycles. The number of anilines is 1. The first-order valence-electron chi connectivity index (χ1n) is 5.61. The first kappa shape index (κ1) is 13.4. The molecule has 0 radical (unpaired) electrons. The number of primary amides is 1.